The molecule has 8 nitrogen and oxygen atoms in total. The van der Waals surface area contributed by atoms with Crippen molar-refractivity contribution in [1.29, 1.82) is 5.26 Å². The molecule has 0 bridgehead atoms. The second-order valence-corrected chi connectivity index (χ2v) is 10.3. The van der Waals surface area contributed by atoms with E-state index in [4.69, 9.17) is 24.2 Å². The summed E-state index contributed by atoms with van der Waals surface area (Å²) in [5.41, 5.74) is 6.49. The van der Waals surface area contributed by atoms with Crippen molar-refractivity contribution in [1.82, 2.24) is 4.90 Å². The number of likely N-dealkylation sites (tertiary alicyclic amines) is 1. The Bertz CT molecular complexity index is 1450. The van der Waals surface area contributed by atoms with Crippen LogP contribution in [0.4, 0.5) is 0 Å². The van der Waals surface area contributed by atoms with Crippen molar-refractivity contribution < 1.29 is 28.5 Å². The van der Waals surface area contributed by atoms with Crippen LogP contribution in [0.25, 0.3) is 11.1 Å². The SMILES string of the molecule is COC(=O)C[C@@H]1COc2cc(OCc3cccc(-c4c(C)cc(OC5CN(C(=O)CC#N)C5)cc4C)c3)ccc21. The molecule has 0 unspecified atom stereocenters. The summed E-state index contributed by atoms with van der Waals surface area (Å²) in [5.74, 6) is 1.84. The summed E-state index contributed by atoms with van der Waals surface area (Å²) in [4.78, 5) is 25.1. The molecule has 1 atom stereocenters. The highest BCUT2D eigenvalue weighted by molar-refractivity contribution is 5.79. The van der Waals surface area contributed by atoms with Crippen molar-refractivity contribution in [3.63, 3.8) is 0 Å². The van der Waals surface area contributed by atoms with Gasteiger partial charge in [-0.25, -0.2) is 0 Å². The van der Waals surface area contributed by atoms with Gasteiger partial charge in [-0.2, -0.15) is 5.26 Å². The number of nitrogens with zero attached hydrogens (tertiary/aromatic N) is 2. The van der Waals surface area contributed by atoms with Crippen LogP contribution in [0.1, 0.15) is 41.0 Å². The second-order valence-electron chi connectivity index (χ2n) is 10.3. The molecule has 40 heavy (non-hydrogen) atoms. The Labute approximate surface area is 234 Å². The fourth-order valence-corrected chi connectivity index (χ4v) is 5.32. The summed E-state index contributed by atoms with van der Waals surface area (Å²) in [7, 11) is 1.40. The van der Waals surface area contributed by atoms with E-state index >= 15 is 0 Å². The first-order valence-corrected chi connectivity index (χ1v) is 13.3. The number of hydrogen-bond donors (Lipinski definition) is 0. The fourth-order valence-electron chi connectivity index (χ4n) is 5.32. The first-order chi connectivity index (χ1) is 19.3. The predicted molar refractivity (Wildman–Crippen MR) is 148 cm³/mol. The predicted octanol–water partition coefficient (Wildman–Crippen LogP) is 5.09. The molecular weight excluding hydrogens is 508 g/mol. The van der Waals surface area contributed by atoms with Gasteiger partial charge in [0.15, 0.2) is 0 Å². The van der Waals surface area contributed by atoms with Gasteiger partial charge in [0.2, 0.25) is 5.91 Å². The Kier molecular flexibility index (Phi) is 7.92. The molecule has 2 heterocycles. The zero-order valence-electron chi connectivity index (χ0n) is 22.9. The van der Waals surface area contributed by atoms with Gasteiger partial charge in [0.1, 0.15) is 36.4 Å². The van der Waals surface area contributed by atoms with Crippen molar-refractivity contribution in [3.05, 3.63) is 76.9 Å². The van der Waals surface area contributed by atoms with Gasteiger partial charge in [-0.3, -0.25) is 9.59 Å². The second kappa shape index (κ2) is 11.7. The molecular formula is C32H32N2O6. The lowest BCUT2D eigenvalue weighted by Gasteiger charge is -2.38. The molecule has 206 valence electrons. The molecule has 3 aromatic carbocycles. The van der Waals surface area contributed by atoms with Crippen LogP contribution in [0.2, 0.25) is 0 Å². The van der Waals surface area contributed by atoms with E-state index in [1.807, 2.05) is 48.5 Å². The normalized spacial score (nSPS) is 15.8. The lowest BCUT2D eigenvalue weighted by atomic mass is 9.94. The van der Waals surface area contributed by atoms with Crippen LogP contribution in [0.5, 0.6) is 17.2 Å². The number of benzene rings is 3. The summed E-state index contributed by atoms with van der Waals surface area (Å²) in [5, 5.41) is 8.70. The fraction of sp³-hybridized carbons (Fsp3) is 0.344. The number of carbonyl (C=O) groups is 2. The first kappa shape index (κ1) is 27.1. The van der Waals surface area contributed by atoms with E-state index in [-0.39, 0.29) is 30.3 Å². The molecule has 2 aliphatic heterocycles. The number of carbonyl (C=O) groups excluding carboxylic acids is 2. The van der Waals surface area contributed by atoms with Crippen molar-refractivity contribution in [2.24, 2.45) is 0 Å². The zero-order valence-corrected chi connectivity index (χ0v) is 22.9. The number of nitriles is 1. The molecule has 2 aliphatic rings. The molecule has 0 N–H and O–H groups in total. The van der Waals surface area contributed by atoms with E-state index in [0.29, 0.717) is 38.5 Å². The van der Waals surface area contributed by atoms with Gasteiger partial charge in [0.25, 0.3) is 0 Å². The molecule has 8 heteroatoms. The van der Waals surface area contributed by atoms with E-state index in [0.717, 1.165) is 44.9 Å². The van der Waals surface area contributed by atoms with Gasteiger partial charge in [0, 0.05) is 17.5 Å². The Morgan fingerprint density at radius 2 is 1.82 bits per heavy atom. The maximum Gasteiger partial charge on any atom is 0.306 e. The Balaban J connectivity index is 1.22. The van der Waals surface area contributed by atoms with Crippen LogP contribution in [-0.2, 0) is 20.9 Å². The van der Waals surface area contributed by atoms with E-state index < -0.39 is 0 Å². The zero-order chi connectivity index (χ0) is 28.2. The van der Waals surface area contributed by atoms with Gasteiger partial charge in [-0.1, -0.05) is 24.3 Å². The highest BCUT2D eigenvalue weighted by atomic mass is 16.5. The van der Waals surface area contributed by atoms with Crippen molar-refractivity contribution in [2.45, 2.75) is 45.3 Å². The molecule has 1 fully saturated rings. The molecule has 5 rings (SSSR count). The summed E-state index contributed by atoms with van der Waals surface area (Å²) in [6.07, 6.45) is 0.146. The number of aryl methyl sites for hydroxylation is 2. The Morgan fingerprint density at radius 1 is 1.05 bits per heavy atom. The number of methoxy groups -OCH3 is 1. The molecule has 0 radical (unpaired) electrons. The largest absolute Gasteiger partial charge is 0.492 e. The van der Waals surface area contributed by atoms with Gasteiger partial charge < -0.3 is 23.8 Å². The van der Waals surface area contributed by atoms with Crippen LogP contribution in [0.3, 0.4) is 0 Å². The standard InChI is InChI=1S/C32H32N2O6/c1-20-11-26(40-27-16-34(17-27)30(35)9-10-33)12-21(2)32(20)23-6-4-5-22(13-23)18-38-25-7-8-28-24(14-31(36)37-3)19-39-29(28)15-25/h4-8,11-13,15,24,27H,9,14,16-19H2,1-3H3/t24-/m1/s1. The minimum atomic E-state index is -0.245. The topological polar surface area (TPSA) is 98.1 Å². The third kappa shape index (κ3) is 5.89. The molecule has 0 saturated carbocycles. The maximum atomic E-state index is 11.8. The molecule has 1 saturated heterocycles. The average molecular weight is 541 g/mol. The van der Waals surface area contributed by atoms with E-state index in [9.17, 15) is 9.59 Å². The van der Waals surface area contributed by atoms with E-state index in [1.54, 1.807) is 4.90 Å². The van der Waals surface area contributed by atoms with Crippen molar-refractivity contribution in [2.75, 3.05) is 26.8 Å². The molecule has 0 spiro atoms. The number of rotatable bonds is 9. The number of fused-ring (bicyclic) bond motifs is 1. The Morgan fingerprint density at radius 3 is 2.55 bits per heavy atom. The highest BCUT2D eigenvalue weighted by Crippen LogP contribution is 2.39. The first-order valence-electron chi connectivity index (χ1n) is 13.3. The molecule has 0 aromatic heterocycles. The van der Waals surface area contributed by atoms with Crippen LogP contribution < -0.4 is 14.2 Å². The average Bonchev–Trinajstić information content (AvgIpc) is 3.31. The van der Waals surface area contributed by atoms with Crippen molar-refractivity contribution >= 4 is 11.9 Å². The van der Waals surface area contributed by atoms with Crippen LogP contribution in [0.15, 0.2) is 54.6 Å². The minimum Gasteiger partial charge on any atom is -0.492 e. The summed E-state index contributed by atoms with van der Waals surface area (Å²) in [6.45, 7) is 6.01. The smallest absolute Gasteiger partial charge is 0.306 e. The molecule has 3 aromatic rings. The van der Waals surface area contributed by atoms with Crippen molar-refractivity contribution in [3.8, 4) is 34.4 Å². The van der Waals surface area contributed by atoms with E-state index in [2.05, 4.69) is 26.0 Å². The van der Waals surface area contributed by atoms with Gasteiger partial charge in [-0.15, -0.1) is 0 Å². The Hall–Kier alpha value is -4.51. The summed E-state index contributed by atoms with van der Waals surface area (Å²) >= 11 is 0. The van der Waals surface area contributed by atoms with Crippen LogP contribution in [0, 0.1) is 25.2 Å². The number of hydrogen-bond acceptors (Lipinski definition) is 7. The van der Waals surface area contributed by atoms with Crippen LogP contribution >= 0.6 is 0 Å². The third-order valence-electron chi connectivity index (χ3n) is 7.37. The monoisotopic (exact) mass is 540 g/mol. The molecule has 0 aliphatic carbocycles. The van der Waals surface area contributed by atoms with Crippen LogP contribution in [-0.4, -0.2) is 49.7 Å². The number of ether oxygens (including phenoxy) is 4. The number of esters is 1. The summed E-state index contributed by atoms with van der Waals surface area (Å²) in [6, 6.07) is 20.0. The summed E-state index contributed by atoms with van der Waals surface area (Å²) < 4.78 is 22.8. The lowest BCUT2D eigenvalue weighted by Crippen LogP contribution is -2.56. The maximum absolute atomic E-state index is 11.8. The lowest BCUT2D eigenvalue weighted by molar-refractivity contribution is -0.141. The van der Waals surface area contributed by atoms with E-state index in [1.165, 1.54) is 7.11 Å². The van der Waals surface area contributed by atoms with Gasteiger partial charge in [-0.05, 0) is 65.9 Å². The molecule has 1 amide bonds. The van der Waals surface area contributed by atoms with Gasteiger partial charge >= 0.3 is 5.97 Å². The number of amides is 1. The quantitative estimate of drug-likeness (QED) is 0.349. The minimum absolute atomic E-state index is 0.00140. The third-order valence-corrected chi connectivity index (χ3v) is 7.37. The van der Waals surface area contributed by atoms with Gasteiger partial charge in [0.05, 0.1) is 39.3 Å². The highest BCUT2D eigenvalue weighted by Gasteiger charge is 2.32.